The Morgan fingerprint density at radius 2 is 1.65 bits per heavy atom. The average molecular weight is 236 g/mol. The van der Waals surface area contributed by atoms with Gasteiger partial charge in [0.05, 0.1) is 0 Å². The van der Waals surface area contributed by atoms with Crippen LogP contribution in [0.4, 0.5) is 8.78 Å². The van der Waals surface area contributed by atoms with Crippen molar-refractivity contribution < 1.29 is 18.6 Å². The van der Waals surface area contributed by atoms with Gasteiger partial charge in [0.15, 0.2) is 0 Å². The summed E-state index contributed by atoms with van der Waals surface area (Å²) in [7, 11) is 0. The highest BCUT2D eigenvalue weighted by Gasteiger charge is 2.04. The zero-order chi connectivity index (χ0) is 12.3. The minimum atomic E-state index is -2.82. The van der Waals surface area contributed by atoms with E-state index in [0.29, 0.717) is 0 Å². The zero-order valence-corrected chi connectivity index (χ0v) is 8.81. The minimum absolute atomic E-state index is 0.115. The third-order valence-corrected chi connectivity index (χ3v) is 2.26. The van der Waals surface area contributed by atoms with Crippen LogP contribution in [-0.2, 0) is 0 Å². The first kappa shape index (κ1) is 11.4. The molecule has 17 heavy (non-hydrogen) atoms. The van der Waals surface area contributed by atoms with Crippen molar-refractivity contribution in [3.63, 3.8) is 0 Å². The molecule has 4 heteroatoms. The molecule has 2 aromatic rings. The number of phenols is 1. The van der Waals surface area contributed by atoms with E-state index < -0.39 is 6.61 Å². The van der Waals surface area contributed by atoms with Crippen molar-refractivity contribution in [3.8, 4) is 22.6 Å². The van der Waals surface area contributed by atoms with E-state index in [-0.39, 0.29) is 11.5 Å². The van der Waals surface area contributed by atoms with Gasteiger partial charge in [0.2, 0.25) is 0 Å². The van der Waals surface area contributed by atoms with Gasteiger partial charge in [-0.15, -0.1) is 0 Å². The van der Waals surface area contributed by atoms with E-state index in [2.05, 4.69) is 4.74 Å². The lowest BCUT2D eigenvalue weighted by Crippen LogP contribution is -2.01. The van der Waals surface area contributed by atoms with E-state index in [9.17, 15) is 13.9 Å². The lowest BCUT2D eigenvalue weighted by atomic mass is 10.1. The summed E-state index contributed by atoms with van der Waals surface area (Å²) in [4.78, 5) is 0. The van der Waals surface area contributed by atoms with Crippen LogP contribution < -0.4 is 4.74 Å². The molecular formula is C13H10F2O2. The van der Waals surface area contributed by atoms with Gasteiger partial charge < -0.3 is 9.84 Å². The Morgan fingerprint density at radius 3 is 2.24 bits per heavy atom. The SMILES string of the molecule is Oc1cccc(-c2ccc(OC(F)F)cc2)c1. The number of rotatable bonds is 3. The Morgan fingerprint density at radius 1 is 0.941 bits per heavy atom. The second-order valence-corrected chi connectivity index (χ2v) is 3.45. The molecule has 2 rings (SSSR count). The molecule has 88 valence electrons. The Kier molecular flexibility index (Phi) is 3.23. The molecule has 0 aliphatic carbocycles. The van der Waals surface area contributed by atoms with Crippen molar-refractivity contribution in [3.05, 3.63) is 48.5 Å². The molecule has 0 spiro atoms. The summed E-state index contributed by atoms with van der Waals surface area (Å²) < 4.78 is 28.1. The fourth-order valence-corrected chi connectivity index (χ4v) is 1.51. The van der Waals surface area contributed by atoms with E-state index in [1.807, 2.05) is 6.07 Å². The number of phenolic OH excluding ortho intramolecular Hbond substituents is 1. The third kappa shape index (κ3) is 2.93. The first-order valence-corrected chi connectivity index (χ1v) is 4.99. The molecule has 0 heterocycles. The molecule has 0 aliphatic heterocycles. The Hall–Kier alpha value is -2.10. The topological polar surface area (TPSA) is 29.5 Å². The van der Waals surface area contributed by atoms with E-state index in [1.165, 1.54) is 12.1 Å². The molecule has 0 unspecified atom stereocenters. The second kappa shape index (κ2) is 4.82. The Bertz CT molecular complexity index is 495. The number of benzene rings is 2. The quantitative estimate of drug-likeness (QED) is 0.881. The molecule has 0 atom stereocenters. The Labute approximate surface area is 97.1 Å². The van der Waals surface area contributed by atoms with Crippen LogP contribution in [0.2, 0.25) is 0 Å². The monoisotopic (exact) mass is 236 g/mol. The van der Waals surface area contributed by atoms with Gasteiger partial charge in [0, 0.05) is 0 Å². The lowest BCUT2D eigenvalue weighted by molar-refractivity contribution is -0.0498. The van der Waals surface area contributed by atoms with Crippen molar-refractivity contribution in [1.82, 2.24) is 0 Å². The highest BCUT2D eigenvalue weighted by molar-refractivity contribution is 5.65. The fraction of sp³-hybridized carbons (Fsp3) is 0.0769. The van der Waals surface area contributed by atoms with Crippen LogP contribution in [0.1, 0.15) is 0 Å². The molecule has 0 fully saturated rings. The van der Waals surface area contributed by atoms with E-state index in [1.54, 1.807) is 30.3 Å². The smallest absolute Gasteiger partial charge is 0.387 e. The van der Waals surface area contributed by atoms with Crippen molar-refractivity contribution >= 4 is 0 Å². The summed E-state index contributed by atoms with van der Waals surface area (Å²) in [6.45, 7) is -2.82. The van der Waals surface area contributed by atoms with Crippen molar-refractivity contribution in [2.45, 2.75) is 6.61 Å². The van der Waals surface area contributed by atoms with Gasteiger partial charge in [0.25, 0.3) is 0 Å². The summed E-state index contributed by atoms with van der Waals surface area (Å²) >= 11 is 0. The second-order valence-electron chi connectivity index (χ2n) is 3.45. The first-order valence-electron chi connectivity index (χ1n) is 4.99. The lowest BCUT2D eigenvalue weighted by Gasteiger charge is -2.06. The predicted molar refractivity (Wildman–Crippen MR) is 60.2 cm³/mol. The van der Waals surface area contributed by atoms with Gasteiger partial charge in [-0.2, -0.15) is 8.78 Å². The molecule has 0 amide bonds. The molecule has 2 nitrogen and oxygen atoms in total. The predicted octanol–water partition coefficient (Wildman–Crippen LogP) is 3.66. The molecule has 0 saturated carbocycles. The number of alkyl halides is 2. The molecule has 0 radical (unpaired) electrons. The van der Waals surface area contributed by atoms with E-state index >= 15 is 0 Å². The third-order valence-electron chi connectivity index (χ3n) is 2.26. The summed E-state index contributed by atoms with van der Waals surface area (Å²) in [5.41, 5.74) is 1.64. The number of aromatic hydroxyl groups is 1. The van der Waals surface area contributed by atoms with Gasteiger partial charge in [0.1, 0.15) is 11.5 Å². The minimum Gasteiger partial charge on any atom is -0.508 e. The maximum absolute atomic E-state index is 11.9. The van der Waals surface area contributed by atoms with Crippen LogP contribution in [0, 0.1) is 0 Å². The average Bonchev–Trinajstić information content (AvgIpc) is 2.29. The van der Waals surface area contributed by atoms with Gasteiger partial charge in [-0.3, -0.25) is 0 Å². The summed E-state index contributed by atoms with van der Waals surface area (Å²) in [5.74, 6) is 0.277. The van der Waals surface area contributed by atoms with Gasteiger partial charge >= 0.3 is 6.61 Å². The van der Waals surface area contributed by atoms with Crippen LogP contribution in [0.3, 0.4) is 0 Å². The van der Waals surface area contributed by atoms with Gasteiger partial charge in [-0.1, -0.05) is 24.3 Å². The number of ether oxygens (including phenoxy) is 1. The maximum atomic E-state index is 11.9. The van der Waals surface area contributed by atoms with Gasteiger partial charge in [-0.05, 0) is 35.4 Å². The van der Waals surface area contributed by atoms with E-state index in [4.69, 9.17) is 0 Å². The first-order chi connectivity index (χ1) is 8.15. The van der Waals surface area contributed by atoms with Crippen LogP contribution in [-0.4, -0.2) is 11.7 Å². The largest absolute Gasteiger partial charge is 0.508 e. The Balaban J connectivity index is 2.23. The highest BCUT2D eigenvalue weighted by atomic mass is 19.3. The molecule has 0 bridgehead atoms. The fourth-order valence-electron chi connectivity index (χ4n) is 1.51. The van der Waals surface area contributed by atoms with Gasteiger partial charge in [-0.25, -0.2) is 0 Å². The highest BCUT2D eigenvalue weighted by Crippen LogP contribution is 2.25. The molecule has 0 aromatic heterocycles. The standard InChI is InChI=1S/C13H10F2O2/c14-13(15)17-12-6-4-9(5-7-12)10-2-1-3-11(16)8-10/h1-8,13,16H. The van der Waals surface area contributed by atoms with Crippen molar-refractivity contribution in [2.24, 2.45) is 0 Å². The van der Waals surface area contributed by atoms with Crippen LogP contribution in [0.25, 0.3) is 11.1 Å². The number of hydrogen-bond donors (Lipinski definition) is 1. The van der Waals surface area contributed by atoms with Crippen LogP contribution >= 0.6 is 0 Å². The number of halogens is 2. The summed E-state index contributed by atoms with van der Waals surface area (Å²) in [5, 5.41) is 9.32. The van der Waals surface area contributed by atoms with Crippen molar-refractivity contribution in [1.29, 1.82) is 0 Å². The summed E-state index contributed by atoms with van der Waals surface area (Å²) in [6, 6.07) is 13.0. The molecule has 1 N–H and O–H groups in total. The molecule has 0 aliphatic rings. The molecule has 0 saturated heterocycles. The zero-order valence-electron chi connectivity index (χ0n) is 8.81. The number of hydrogen-bond acceptors (Lipinski definition) is 2. The molecule has 2 aromatic carbocycles. The maximum Gasteiger partial charge on any atom is 0.387 e. The van der Waals surface area contributed by atoms with Crippen molar-refractivity contribution in [2.75, 3.05) is 0 Å². The van der Waals surface area contributed by atoms with E-state index in [0.717, 1.165) is 11.1 Å². The normalized spacial score (nSPS) is 10.5. The summed E-state index contributed by atoms with van der Waals surface area (Å²) in [6.07, 6.45) is 0. The van der Waals surface area contributed by atoms with Crippen LogP contribution in [0.15, 0.2) is 48.5 Å². The van der Waals surface area contributed by atoms with Crippen LogP contribution in [0.5, 0.6) is 11.5 Å². The molecular weight excluding hydrogens is 226 g/mol.